The molecule has 4 aromatic rings. The summed E-state index contributed by atoms with van der Waals surface area (Å²) < 4.78 is 33.8. The molecule has 0 radical (unpaired) electrons. The summed E-state index contributed by atoms with van der Waals surface area (Å²) in [5.74, 6) is -3.03. The van der Waals surface area contributed by atoms with Gasteiger partial charge in [0.05, 0.1) is 17.7 Å². The number of ether oxygens (including phenoxy) is 1. The molecule has 1 fully saturated rings. The van der Waals surface area contributed by atoms with Crippen LogP contribution in [0, 0.1) is 0 Å². The van der Waals surface area contributed by atoms with Gasteiger partial charge in [-0.3, -0.25) is 9.21 Å². The summed E-state index contributed by atoms with van der Waals surface area (Å²) in [5.41, 5.74) is 4.61. The van der Waals surface area contributed by atoms with E-state index in [9.17, 15) is 8.42 Å². The zero-order chi connectivity index (χ0) is 31.0. The second-order valence-corrected chi connectivity index (χ2v) is 12.0. The number of aliphatic carboxylic acids is 2. The highest BCUT2D eigenvalue weighted by Gasteiger charge is 2.26. The van der Waals surface area contributed by atoms with Crippen molar-refractivity contribution < 1.29 is 33.0 Å². The lowest BCUT2D eigenvalue weighted by molar-refractivity contribution is -0.159. The van der Waals surface area contributed by atoms with E-state index in [-0.39, 0.29) is 4.90 Å². The molecule has 3 aromatic carbocycles. The quantitative estimate of drug-likeness (QED) is 0.227. The molecule has 1 saturated heterocycles. The van der Waals surface area contributed by atoms with Gasteiger partial charge in [0, 0.05) is 36.6 Å². The van der Waals surface area contributed by atoms with Crippen molar-refractivity contribution in [2.45, 2.75) is 36.7 Å². The van der Waals surface area contributed by atoms with Crippen molar-refractivity contribution >= 4 is 27.6 Å². The van der Waals surface area contributed by atoms with E-state index in [2.05, 4.69) is 46.3 Å². The Morgan fingerprint density at radius 2 is 1.58 bits per heavy atom. The zero-order valence-electron chi connectivity index (χ0n) is 24.0. The summed E-state index contributed by atoms with van der Waals surface area (Å²) in [6.45, 7) is 1.85. The molecule has 11 heteroatoms. The second-order valence-electron chi connectivity index (χ2n) is 10.1. The van der Waals surface area contributed by atoms with E-state index in [0.717, 1.165) is 36.5 Å². The average Bonchev–Trinajstić information content (AvgIpc) is 3.50. The number of carboxylic acids is 2. The van der Waals surface area contributed by atoms with Crippen LogP contribution in [0.5, 0.6) is 5.75 Å². The van der Waals surface area contributed by atoms with Crippen LogP contribution in [-0.2, 0) is 26.2 Å². The summed E-state index contributed by atoms with van der Waals surface area (Å²) in [5, 5.41) is 14.8. The summed E-state index contributed by atoms with van der Waals surface area (Å²) in [6, 6.07) is 29.3. The Kier molecular flexibility index (Phi) is 10.2. The third kappa shape index (κ3) is 7.62. The lowest BCUT2D eigenvalue weighted by Gasteiger charge is -2.35. The number of nitrogens with zero attached hydrogens (tertiary/aromatic N) is 2. The molecule has 0 bridgehead atoms. The Morgan fingerprint density at radius 1 is 0.930 bits per heavy atom. The fraction of sp³-hybridized carbons (Fsp3) is 0.250. The largest absolute Gasteiger partial charge is 0.496 e. The molecular weight excluding hydrogens is 570 g/mol. The highest BCUT2D eigenvalue weighted by atomic mass is 32.2. The van der Waals surface area contributed by atoms with E-state index in [4.69, 9.17) is 24.5 Å². The number of rotatable bonds is 8. The Hall–Kier alpha value is -4.61. The molecule has 43 heavy (non-hydrogen) atoms. The Morgan fingerprint density at radius 3 is 2.21 bits per heavy atom. The van der Waals surface area contributed by atoms with Crippen molar-refractivity contribution in [3.05, 3.63) is 102 Å². The lowest BCUT2D eigenvalue weighted by atomic mass is 9.95. The highest BCUT2D eigenvalue weighted by Crippen LogP contribution is 2.35. The molecule has 1 atom stereocenters. The van der Waals surface area contributed by atoms with Gasteiger partial charge in [-0.05, 0) is 67.4 Å². The minimum Gasteiger partial charge on any atom is -0.496 e. The number of likely N-dealkylation sites (tertiary alicyclic amines) is 1. The van der Waals surface area contributed by atoms with E-state index >= 15 is 0 Å². The van der Waals surface area contributed by atoms with Gasteiger partial charge in [-0.25, -0.2) is 18.0 Å². The summed E-state index contributed by atoms with van der Waals surface area (Å²) in [6.07, 6.45) is 3.59. The van der Waals surface area contributed by atoms with Gasteiger partial charge in [-0.2, -0.15) is 0 Å². The lowest BCUT2D eigenvalue weighted by Crippen LogP contribution is -2.33. The fourth-order valence-electron chi connectivity index (χ4n) is 5.13. The first-order chi connectivity index (χ1) is 20.6. The number of methoxy groups -OCH3 is 1. The number of hydrogen-bond acceptors (Lipinski definition) is 6. The van der Waals surface area contributed by atoms with Crippen molar-refractivity contribution in [1.82, 2.24) is 9.88 Å². The van der Waals surface area contributed by atoms with Crippen LogP contribution in [0.2, 0.25) is 0 Å². The third-order valence-electron chi connectivity index (χ3n) is 7.34. The first-order valence-corrected chi connectivity index (χ1v) is 15.2. The molecule has 1 unspecified atom stereocenters. The molecule has 0 aliphatic carbocycles. The van der Waals surface area contributed by atoms with E-state index in [1.807, 2.05) is 24.3 Å². The first kappa shape index (κ1) is 31.3. The zero-order valence-corrected chi connectivity index (χ0v) is 24.8. The van der Waals surface area contributed by atoms with Crippen LogP contribution in [-0.4, -0.2) is 61.2 Å². The van der Waals surface area contributed by atoms with Gasteiger partial charge in [0.15, 0.2) is 0 Å². The molecule has 0 amide bonds. The van der Waals surface area contributed by atoms with Crippen LogP contribution in [0.25, 0.3) is 11.3 Å². The fourth-order valence-corrected chi connectivity index (χ4v) is 6.36. The van der Waals surface area contributed by atoms with Gasteiger partial charge in [0.1, 0.15) is 5.75 Å². The summed E-state index contributed by atoms with van der Waals surface area (Å²) >= 11 is 0. The highest BCUT2D eigenvalue weighted by molar-refractivity contribution is 7.92. The Labute approximate surface area is 251 Å². The van der Waals surface area contributed by atoms with Crippen molar-refractivity contribution in [3.8, 4) is 17.0 Å². The monoisotopic (exact) mass is 605 g/mol. The van der Waals surface area contributed by atoms with Gasteiger partial charge in [-0.1, -0.05) is 55.0 Å². The maximum Gasteiger partial charge on any atom is 0.414 e. The average molecular weight is 606 g/mol. The number of carbonyl (C=O) groups is 2. The van der Waals surface area contributed by atoms with Crippen LogP contribution in [0.15, 0.2) is 95.9 Å². The summed E-state index contributed by atoms with van der Waals surface area (Å²) in [4.78, 5) is 24.5. The third-order valence-corrected chi connectivity index (χ3v) is 9.12. The Bertz CT molecular complexity index is 1630. The van der Waals surface area contributed by atoms with Crippen molar-refractivity contribution in [2.24, 2.45) is 0 Å². The number of aromatic nitrogens is 1. The molecule has 1 aromatic heterocycles. The molecule has 5 rings (SSSR count). The SMILES string of the molecule is COc1ccc(S(=O)(=O)N(C)c2ccccc2)cc1-c1ccc(CN2CCCCC2c2ccccc2)[nH]1.O=C(O)C(=O)O. The van der Waals surface area contributed by atoms with Crippen molar-refractivity contribution in [1.29, 1.82) is 0 Å². The number of benzene rings is 3. The molecule has 226 valence electrons. The second kappa shape index (κ2) is 14.0. The van der Waals surface area contributed by atoms with E-state index in [1.165, 1.54) is 22.7 Å². The van der Waals surface area contributed by atoms with Crippen LogP contribution < -0.4 is 9.04 Å². The van der Waals surface area contributed by atoms with Gasteiger partial charge >= 0.3 is 11.9 Å². The minimum absolute atomic E-state index is 0.214. The number of hydrogen-bond donors (Lipinski definition) is 3. The van der Waals surface area contributed by atoms with Gasteiger partial charge in [0.25, 0.3) is 10.0 Å². The van der Waals surface area contributed by atoms with Crippen LogP contribution in [0.1, 0.15) is 36.6 Å². The molecule has 10 nitrogen and oxygen atoms in total. The maximum absolute atomic E-state index is 13.4. The molecule has 2 heterocycles. The first-order valence-electron chi connectivity index (χ1n) is 13.8. The van der Waals surface area contributed by atoms with Crippen LogP contribution >= 0.6 is 0 Å². The minimum atomic E-state index is -3.75. The maximum atomic E-state index is 13.4. The number of sulfonamides is 1. The smallest absolute Gasteiger partial charge is 0.414 e. The van der Waals surface area contributed by atoms with Crippen LogP contribution in [0.4, 0.5) is 5.69 Å². The normalized spacial score (nSPS) is 15.2. The van der Waals surface area contributed by atoms with E-state index in [0.29, 0.717) is 17.5 Å². The Balaban J connectivity index is 0.000000641. The molecule has 0 spiro atoms. The number of carboxylic acid groups (broad SMARTS) is 2. The van der Waals surface area contributed by atoms with Crippen molar-refractivity contribution in [3.63, 3.8) is 0 Å². The molecule has 0 saturated carbocycles. The van der Waals surface area contributed by atoms with E-state index < -0.39 is 22.0 Å². The predicted octanol–water partition coefficient (Wildman–Crippen LogP) is 5.40. The molecule has 1 aliphatic rings. The number of anilines is 1. The predicted molar refractivity (Wildman–Crippen MR) is 164 cm³/mol. The van der Waals surface area contributed by atoms with Gasteiger partial charge < -0.3 is 19.9 Å². The molecule has 3 N–H and O–H groups in total. The standard InChI is InChI=1S/C30H33N3O3S.C2H2O4/c1-32(25-13-7-4-8-14-25)37(34,35)26-17-19-30(36-2)27(21-26)28-18-16-24(31-28)22-33-20-10-9-15-29(33)23-11-5-3-6-12-23;3-1(4)2(5)6/h3-8,11-14,16-19,21,29,31H,9-10,15,20,22H2,1-2H3;(H,3,4)(H,5,6). The number of nitrogens with one attached hydrogen (secondary N) is 1. The number of para-hydroxylation sites is 1. The summed E-state index contributed by atoms with van der Waals surface area (Å²) in [7, 11) is -0.571. The number of piperidine rings is 1. The van der Waals surface area contributed by atoms with Gasteiger partial charge in [0.2, 0.25) is 0 Å². The number of aromatic amines is 1. The van der Waals surface area contributed by atoms with E-state index in [1.54, 1.807) is 44.5 Å². The molecule has 1 aliphatic heterocycles. The topological polar surface area (TPSA) is 140 Å². The van der Waals surface area contributed by atoms with Crippen molar-refractivity contribution in [2.75, 3.05) is 25.0 Å². The number of H-pyrrole nitrogens is 1. The van der Waals surface area contributed by atoms with Crippen LogP contribution in [0.3, 0.4) is 0 Å². The molecular formula is C32H35N3O7S. The van der Waals surface area contributed by atoms with Gasteiger partial charge in [-0.15, -0.1) is 0 Å².